The lowest BCUT2D eigenvalue weighted by Gasteiger charge is -2.11. The number of nitrogens with zero attached hydrogens (tertiary/aromatic N) is 7. The minimum atomic E-state index is -1.34. The van der Waals surface area contributed by atoms with Crippen LogP contribution in [0.15, 0.2) is 393 Å². The molecule has 2 aliphatic rings. The number of hydrogen-bond acceptors (Lipinski definition) is 8. The molecule has 0 aliphatic heterocycles. The maximum atomic E-state index is 8.58. The molecule has 526 valence electrons. The van der Waals surface area contributed by atoms with E-state index >= 15 is 0 Å². The molecule has 2 aliphatic carbocycles. The fourth-order valence-electron chi connectivity index (χ4n) is 14.0. The van der Waals surface area contributed by atoms with Crippen LogP contribution in [0.25, 0.3) is 140 Å². The van der Waals surface area contributed by atoms with Gasteiger partial charge in [0, 0.05) is 59.3 Å². The monoisotopic (exact) mass is 1500 g/mol. The van der Waals surface area contributed by atoms with E-state index in [1.165, 1.54) is 88.6 Å². The zero-order valence-electron chi connectivity index (χ0n) is 59.7. The van der Waals surface area contributed by atoms with E-state index in [4.69, 9.17) is 36.6 Å². The van der Waals surface area contributed by atoms with Gasteiger partial charge in [-0.25, -0.2) is 29.9 Å². The summed E-state index contributed by atoms with van der Waals surface area (Å²) in [6.45, 7) is 0. The molecule has 0 atom stereocenters. The maximum absolute atomic E-state index is 8.58. The molecule has 0 amide bonds. The SMILES string of the molecule is Brc1ccc2c(c1)-c1ccccc1C2.Clc1ccc(-c2nc(-c3ccccc3)nc(-c3ccccc3)n2)cc1.OB(O)c1ccccc1.c1ccc(-c2ccc3c(c2)-c2ccccc2C3)cc1.c1ccc(-c2ccc3c(c2)c2ccccc2n3-c2ccc(-c3nc(-c4ccccc4)nc(-c4ccccc4)n3)cc2)cc1. The first kappa shape index (κ1) is 71.1. The van der Waals surface area contributed by atoms with Crippen molar-refractivity contribution in [3.8, 4) is 119 Å². The first-order valence-corrected chi connectivity index (χ1v) is 37.6. The van der Waals surface area contributed by atoms with E-state index in [0.717, 1.165) is 56.4 Å². The quantitative estimate of drug-likeness (QED) is 0.130. The highest BCUT2D eigenvalue weighted by molar-refractivity contribution is 9.10. The first-order valence-electron chi connectivity index (χ1n) is 36.4. The number of fused-ring (bicyclic) bond motifs is 9. The van der Waals surface area contributed by atoms with Gasteiger partial charge in [-0.3, -0.25) is 0 Å². The van der Waals surface area contributed by atoms with Crippen molar-refractivity contribution in [2.45, 2.75) is 12.8 Å². The van der Waals surface area contributed by atoms with Crippen molar-refractivity contribution in [1.82, 2.24) is 34.5 Å². The summed E-state index contributed by atoms with van der Waals surface area (Å²) in [7, 11) is -1.34. The van der Waals surface area contributed by atoms with Crippen LogP contribution >= 0.6 is 27.5 Å². The molecule has 0 spiro atoms. The Balaban J connectivity index is 0.000000116. The van der Waals surface area contributed by atoms with E-state index in [-0.39, 0.29) is 0 Å². The molecular formula is C98H70BBrClN7O2. The van der Waals surface area contributed by atoms with Crippen LogP contribution in [0.4, 0.5) is 0 Å². The van der Waals surface area contributed by atoms with Crippen LogP contribution in [-0.2, 0) is 12.8 Å². The molecule has 0 saturated carbocycles. The van der Waals surface area contributed by atoms with Crippen LogP contribution in [0.5, 0.6) is 0 Å². The Bertz CT molecular complexity index is 6070. The average molecular weight is 1500 g/mol. The van der Waals surface area contributed by atoms with E-state index in [1.54, 1.807) is 24.3 Å². The van der Waals surface area contributed by atoms with Gasteiger partial charge in [-0.1, -0.05) is 331 Å². The predicted molar refractivity (Wildman–Crippen MR) is 456 cm³/mol. The van der Waals surface area contributed by atoms with Crippen molar-refractivity contribution in [2.24, 2.45) is 0 Å². The normalized spacial score (nSPS) is 11.2. The third-order valence-electron chi connectivity index (χ3n) is 19.4. The number of halogens is 2. The minimum Gasteiger partial charge on any atom is -0.423 e. The fraction of sp³-hybridized carbons (Fsp3) is 0.0204. The highest BCUT2D eigenvalue weighted by Crippen LogP contribution is 2.41. The van der Waals surface area contributed by atoms with E-state index in [9.17, 15) is 0 Å². The molecule has 9 nitrogen and oxygen atoms in total. The lowest BCUT2D eigenvalue weighted by Crippen LogP contribution is -2.29. The summed E-state index contributed by atoms with van der Waals surface area (Å²) in [6.07, 6.45) is 2.15. The molecule has 3 heterocycles. The lowest BCUT2D eigenvalue weighted by atomic mass is 9.81. The highest BCUT2D eigenvalue weighted by Gasteiger charge is 2.21. The third-order valence-corrected chi connectivity index (χ3v) is 20.2. The van der Waals surface area contributed by atoms with Gasteiger partial charge in [-0.2, -0.15) is 0 Å². The standard InChI is InChI=1S/C39H26N4.C21H14ClN3.C19H14.C13H9Br.C6H7BO2/c1-4-12-27(13-5-1)31-22-25-36-34(26-31)33-18-10-11-19-35(33)43(36)32-23-20-30(21-24-32)39-41-37(28-14-6-2-7-15-28)40-38(42-39)29-16-8-3-9-17-29;22-18-13-11-17(12-14-18)21-24-19(15-7-3-1-4-8-15)23-20(25-21)16-9-5-2-6-10-16;1-2-6-14(7-3-1)15-10-11-17-12-16-8-4-5-9-18(16)19(17)13-15;14-11-6-5-10-7-9-3-1-2-4-12(9)13(10)8-11;8-7(9)6-4-2-1-3-5-6/h1-26H;1-14H;1-11,13H,12H2;1-6,8H,7H2;1-5,8-9H. The number of hydrogen-bond donors (Lipinski definition) is 2. The number of rotatable bonds is 10. The van der Waals surface area contributed by atoms with Crippen LogP contribution in [-0.4, -0.2) is 51.6 Å². The minimum absolute atomic E-state index is 0.525. The zero-order valence-corrected chi connectivity index (χ0v) is 62.1. The van der Waals surface area contributed by atoms with Gasteiger partial charge >= 0.3 is 7.12 Å². The Kier molecular flexibility index (Phi) is 21.6. The van der Waals surface area contributed by atoms with E-state index < -0.39 is 7.12 Å². The fourth-order valence-corrected chi connectivity index (χ4v) is 14.4. The highest BCUT2D eigenvalue weighted by atomic mass is 79.9. The molecule has 0 fully saturated rings. The molecule has 110 heavy (non-hydrogen) atoms. The largest absolute Gasteiger partial charge is 0.488 e. The molecule has 0 bridgehead atoms. The Morgan fingerprint density at radius 3 is 1.02 bits per heavy atom. The lowest BCUT2D eigenvalue weighted by molar-refractivity contribution is 0.426. The van der Waals surface area contributed by atoms with Crippen LogP contribution in [0.2, 0.25) is 5.02 Å². The summed E-state index contributed by atoms with van der Waals surface area (Å²) >= 11 is 9.52. The van der Waals surface area contributed by atoms with Gasteiger partial charge in [0.25, 0.3) is 0 Å². The van der Waals surface area contributed by atoms with Crippen molar-refractivity contribution >= 4 is 61.9 Å². The predicted octanol–water partition coefficient (Wildman–Crippen LogP) is 23.5. The second kappa shape index (κ2) is 33.3. The van der Waals surface area contributed by atoms with E-state index in [2.05, 4.69) is 248 Å². The molecule has 2 N–H and O–H groups in total. The summed E-state index contributed by atoms with van der Waals surface area (Å²) in [5.74, 6) is 3.90. The average Bonchev–Trinajstić information content (AvgIpc) is 1.59. The molecular weight excluding hydrogens is 1430 g/mol. The molecule has 15 aromatic carbocycles. The van der Waals surface area contributed by atoms with Gasteiger partial charge in [0.2, 0.25) is 0 Å². The van der Waals surface area contributed by atoms with Crippen molar-refractivity contribution in [3.63, 3.8) is 0 Å². The van der Waals surface area contributed by atoms with E-state index in [0.29, 0.717) is 45.4 Å². The third kappa shape index (κ3) is 16.2. The Morgan fingerprint density at radius 1 is 0.264 bits per heavy atom. The summed E-state index contributed by atoms with van der Waals surface area (Å²) in [6, 6.07) is 132. The first-order chi connectivity index (χ1) is 54.2. The Labute approximate surface area is 653 Å². The Morgan fingerprint density at radius 2 is 0.582 bits per heavy atom. The Hall–Kier alpha value is -13.1. The van der Waals surface area contributed by atoms with Crippen molar-refractivity contribution in [3.05, 3.63) is 420 Å². The molecule has 12 heteroatoms. The summed E-state index contributed by atoms with van der Waals surface area (Å²) in [5, 5.41) is 20.3. The molecule has 20 rings (SSSR count). The summed E-state index contributed by atoms with van der Waals surface area (Å²) in [5.41, 5.74) is 26.0. The second-order valence-corrected chi connectivity index (χ2v) is 27.9. The van der Waals surface area contributed by atoms with Crippen molar-refractivity contribution in [1.29, 1.82) is 0 Å². The second-order valence-electron chi connectivity index (χ2n) is 26.6. The van der Waals surface area contributed by atoms with Gasteiger partial charge in [-0.15, -0.1) is 0 Å². The van der Waals surface area contributed by atoms with Crippen LogP contribution in [0, 0.1) is 0 Å². The maximum Gasteiger partial charge on any atom is 0.488 e. The number of para-hydroxylation sites is 1. The molecule has 3 aromatic heterocycles. The summed E-state index contributed by atoms with van der Waals surface area (Å²) < 4.78 is 3.49. The molecule has 18 aromatic rings. The van der Waals surface area contributed by atoms with Gasteiger partial charge < -0.3 is 14.6 Å². The van der Waals surface area contributed by atoms with Crippen LogP contribution < -0.4 is 5.46 Å². The van der Waals surface area contributed by atoms with Gasteiger partial charge in [0.15, 0.2) is 34.9 Å². The van der Waals surface area contributed by atoms with Crippen molar-refractivity contribution in [2.75, 3.05) is 0 Å². The van der Waals surface area contributed by atoms with Gasteiger partial charge in [-0.05, 0) is 170 Å². The van der Waals surface area contributed by atoms with Crippen LogP contribution in [0.3, 0.4) is 0 Å². The smallest absolute Gasteiger partial charge is 0.423 e. The van der Waals surface area contributed by atoms with Gasteiger partial charge in [0.1, 0.15) is 0 Å². The zero-order chi connectivity index (χ0) is 74.5. The number of aromatic nitrogens is 7. The summed E-state index contributed by atoms with van der Waals surface area (Å²) in [4.78, 5) is 28.6. The van der Waals surface area contributed by atoms with Crippen molar-refractivity contribution < 1.29 is 10.0 Å². The van der Waals surface area contributed by atoms with E-state index in [1.807, 2.05) is 152 Å². The molecule has 0 radical (unpaired) electrons. The van der Waals surface area contributed by atoms with Gasteiger partial charge in [0.05, 0.1) is 11.0 Å². The molecule has 0 unspecified atom stereocenters. The topological polar surface area (TPSA) is 123 Å². The van der Waals surface area contributed by atoms with Crippen LogP contribution in [0.1, 0.15) is 22.3 Å². The molecule has 0 saturated heterocycles. The number of benzene rings is 15.